The van der Waals surface area contributed by atoms with E-state index < -0.39 is 12.4 Å². The van der Waals surface area contributed by atoms with E-state index in [1.807, 2.05) is 47.2 Å². The van der Waals surface area contributed by atoms with Gasteiger partial charge in [0.2, 0.25) is 0 Å². The van der Waals surface area contributed by atoms with Crippen LogP contribution >= 0.6 is 11.3 Å². The summed E-state index contributed by atoms with van der Waals surface area (Å²) in [5.41, 5.74) is 7.15. The number of rotatable bonds is 8. The Bertz CT molecular complexity index is 1900. The van der Waals surface area contributed by atoms with Crippen LogP contribution in [0.2, 0.25) is 0 Å². The Balaban J connectivity index is 1.27. The largest absolute Gasteiger partial charge is 0.573 e. The molecule has 5 rings (SSSR count). The molecule has 3 aromatic carbocycles. The Kier molecular flexibility index (Phi) is 9.33. The third-order valence-electron chi connectivity index (χ3n) is 6.76. The maximum Gasteiger partial charge on any atom is 0.573 e. The molecule has 0 unspecified atom stereocenters. The number of urea groups is 1. The van der Waals surface area contributed by atoms with E-state index in [0.29, 0.717) is 22.0 Å². The SMILES string of the molecule is CCCc1ccc(C)cc1-n1c(C)cs/c1=N\C(=O)N/C(C)=C/c1ccc(-c2ncn(-c3ccc(OC(F)(F)F)cc3)n2)cc1. The van der Waals surface area contributed by atoms with Gasteiger partial charge in [0.25, 0.3) is 0 Å². The van der Waals surface area contributed by atoms with Crippen LogP contribution in [-0.2, 0) is 6.42 Å². The molecule has 0 atom stereocenters. The first-order valence-electron chi connectivity index (χ1n) is 14.2. The summed E-state index contributed by atoms with van der Waals surface area (Å²) in [6.45, 7) is 8.00. The molecule has 232 valence electrons. The maximum absolute atomic E-state index is 12.9. The molecule has 8 nitrogen and oxygen atoms in total. The maximum atomic E-state index is 12.9. The molecule has 0 aliphatic rings. The fourth-order valence-corrected chi connectivity index (χ4v) is 5.61. The van der Waals surface area contributed by atoms with Crippen molar-refractivity contribution in [3.63, 3.8) is 0 Å². The molecule has 0 saturated heterocycles. The smallest absolute Gasteiger partial charge is 0.406 e. The molecular formula is C33H31F3N6O2S. The molecule has 2 amide bonds. The number of benzene rings is 3. The van der Waals surface area contributed by atoms with Gasteiger partial charge in [0.05, 0.1) is 11.4 Å². The molecule has 45 heavy (non-hydrogen) atoms. The van der Waals surface area contributed by atoms with Gasteiger partial charge in [-0.3, -0.25) is 4.57 Å². The number of nitrogens with zero attached hydrogens (tertiary/aromatic N) is 5. The summed E-state index contributed by atoms with van der Waals surface area (Å²) < 4.78 is 44.7. The number of carbonyl (C=O) groups is 1. The first kappa shape index (κ1) is 31.5. The number of alkyl halides is 3. The van der Waals surface area contributed by atoms with Crippen LogP contribution in [0.15, 0.2) is 89.1 Å². The van der Waals surface area contributed by atoms with E-state index in [0.717, 1.165) is 40.9 Å². The number of halogens is 3. The number of aromatic nitrogens is 4. The molecule has 0 bridgehead atoms. The number of hydrogen-bond donors (Lipinski definition) is 1. The number of ether oxygens (including phenoxy) is 1. The van der Waals surface area contributed by atoms with Crippen LogP contribution in [0.4, 0.5) is 18.0 Å². The fourth-order valence-electron chi connectivity index (χ4n) is 4.74. The van der Waals surface area contributed by atoms with Crippen LogP contribution < -0.4 is 14.9 Å². The third kappa shape index (κ3) is 7.95. The first-order chi connectivity index (χ1) is 21.5. The van der Waals surface area contributed by atoms with Gasteiger partial charge in [-0.25, -0.2) is 14.5 Å². The summed E-state index contributed by atoms with van der Waals surface area (Å²) in [5.74, 6) is 0.129. The topological polar surface area (TPSA) is 86.3 Å². The zero-order chi connectivity index (χ0) is 32.1. The van der Waals surface area contributed by atoms with Gasteiger partial charge in [-0.1, -0.05) is 49.7 Å². The Labute approximate surface area is 262 Å². The quantitative estimate of drug-likeness (QED) is 0.188. The van der Waals surface area contributed by atoms with Gasteiger partial charge in [0.15, 0.2) is 10.6 Å². The van der Waals surface area contributed by atoms with Crippen LogP contribution in [0.25, 0.3) is 28.8 Å². The monoisotopic (exact) mass is 632 g/mol. The van der Waals surface area contributed by atoms with E-state index in [1.54, 1.807) is 6.92 Å². The zero-order valence-corrected chi connectivity index (χ0v) is 25.9. The molecule has 5 aromatic rings. The zero-order valence-electron chi connectivity index (χ0n) is 25.1. The predicted octanol–water partition coefficient (Wildman–Crippen LogP) is 7.93. The van der Waals surface area contributed by atoms with Crippen LogP contribution in [0.5, 0.6) is 5.75 Å². The minimum Gasteiger partial charge on any atom is -0.406 e. The average Bonchev–Trinajstić information content (AvgIpc) is 3.61. The van der Waals surface area contributed by atoms with E-state index in [2.05, 4.69) is 57.2 Å². The third-order valence-corrected chi connectivity index (χ3v) is 7.70. The van der Waals surface area contributed by atoms with Crippen molar-refractivity contribution in [2.24, 2.45) is 4.99 Å². The van der Waals surface area contributed by atoms with Crippen LogP contribution in [0.1, 0.15) is 42.7 Å². The number of aryl methyl sites for hydroxylation is 3. The second-order valence-corrected chi connectivity index (χ2v) is 11.3. The van der Waals surface area contributed by atoms with Crippen LogP contribution in [-0.4, -0.2) is 31.7 Å². The molecule has 12 heteroatoms. The number of thiazole rings is 1. The highest BCUT2D eigenvalue weighted by atomic mass is 32.1. The summed E-state index contributed by atoms with van der Waals surface area (Å²) in [7, 11) is 0. The van der Waals surface area contributed by atoms with Crippen molar-refractivity contribution >= 4 is 23.4 Å². The lowest BCUT2D eigenvalue weighted by Gasteiger charge is -2.13. The van der Waals surface area contributed by atoms with Crippen molar-refractivity contribution in [2.75, 3.05) is 0 Å². The second kappa shape index (κ2) is 13.3. The minimum absolute atomic E-state index is 0.316. The molecule has 0 fully saturated rings. The van der Waals surface area contributed by atoms with Crippen LogP contribution in [0, 0.1) is 13.8 Å². The van der Waals surface area contributed by atoms with E-state index in [-0.39, 0.29) is 5.75 Å². The Morgan fingerprint density at radius 2 is 1.80 bits per heavy atom. The summed E-state index contributed by atoms with van der Waals surface area (Å²) in [5, 5.41) is 9.28. The van der Waals surface area contributed by atoms with Crippen molar-refractivity contribution in [1.29, 1.82) is 0 Å². The molecule has 1 N–H and O–H groups in total. The van der Waals surface area contributed by atoms with E-state index in [4.69, 9.17) is 0 Å². The second-order valence-electron chi connectivity index (χ2n) is 10.4. The lowest BCUT2D eigenvalue weighted by molar-refractivity contribution is -0.274. The lowest BCUT2D eigenvalue weighted by atomic mass is 10.1. The molecule has 0 spiro atoms. The van der Waals surface area contributed by atoms with E-state index in [9.17, 15) is 18.0 Å². The van der Waals surface area contributed by atoms with Gasteiger partial charge in [-0.05, 0) is 80.3 Å². The molecule has 0 aliphatic heterocycles. The Morgan fingerprint density at radius 3 is 2.49 bits per heavy atom. The molecule has 0 radical (unpaired) electrons. The van der Waals surface area contributed by atoms with Gasteiger partial charge in [-0.15, -0.1) is 29.6 Å². The first-order valence-corrected chi connectivity index (χ1v) is 15.1. The summed E-state index contributed by atoms with van der Waals surface area (Å²) in [6, 6.07) is 18.7. The highest BCUT2D eigenvalue weighted by molar-refractivity contribution is 7.07. The van der Waals surface area contributed by atoms with Crippen molar-refractivity contribution in [1.82, 2.24) is 24.6 Å². The van der Waals surface area contributed by atoms with Crippen molar-refractivity contribution in [3.8, 4) is 28.5 Å². The van der Waals surface area contributed by atoms with E-state index in [1.165, 1.54) is 52.2 Å². The Hall–Kier alpha value is -4.97. The van der Waals surface area contributed by atoms with Crippen molar-refractivity contribution in [2.45, 2.75) is 46.9 Å². The number of amides is 2. The summed E-state index contributed by atoms with van der Waals surface area (Å²) in [6.07, 6.45) is 0.505. The standard InChI is InChI=1S/C33H31F3N6O2S/c1-5-6-25-10-7-21(2)17-29(25)42-23(4)19-45-32(42)39-31(43)38-22(3)18-24-8-11-26(12-9-24)30-37-20-41(40-30)27-13-15-28(16-14-27)44-33(34,35)36/h7-20H,5-6H2,1-4H3,(H,38,43)/b22-18+,39-32-. The summed E-state index contributed by atoms with van der Waals surface area (Å²) in [4.78, 5) is 22.2. The van der Waals surface area contributed by atoms with Gasteiger partial charge in [0.1, 0.15) is 12.1 Å². The average molecular weight is 633 g/mol. The Morgan fingerprint density at radius 1 is 1.07 bits per heavy atom. The normalized spacial score (nSPS) is 12.4. The van der Waals surface area contributed by atoms with Crippen molar-refractivity contribution < 1.29 is 22.7 Å². The van der Waals surface area contributed by atoms with Gasteiger partial charge < -0.3 is 10.1 Å². The van der Waals surface area contributed by atoms with Gasteiger partial charge in [0, 0.05) is 22.3 Å². The number of allylic oxidation sites excluding steroid dienone is 1. The van der Waals surface area contributed by atoms with Gasteiger partial charge in [-0.2, -0.15) is 4.99 Å². The van der Waals surface area contributed by atoms with Gasteiger partial charge >= 0.3 is 12.4 Å². The number of carbonyl (C=O) groups excluding carboxylic acids is 1. The fraction of sp³-hybridized carbons (Fsp3) is 0.212. The lowest BCUT2D eigenvalue weighted by Crippen LogP contribution is -2.23. The minimum atomic E-state index is -4.75. The molecule has 0 saturated carbocycles. The number of nitrogens with one attached hydrogen (secondary N) is 1. The number of hydrogen-bond acceptors (Lipinski definition) is 5. The summed E-state index contributed by atoms with van der Waals surface area (Å²) >= 11 is 1.42. The highest BCUT2D eigenvalue weighted by Crippen LogP contribution is 2.24. The highest BCUT2D eigenvalue weighted by Gasteiger charge is 2.31. The molecule has 2 heterocycles. The molecular weight excluding hydrogens is 601 g/mol. The molecule has 2 aromatic heterocycles. The van der Waals surface area contributed by atoms with Crippen LogP contribution in [0.3, 0.4) is 0 Å². The molecule has 0 aliphatic carbocycles. The van der Waals surface area contributed by atoms with Crippen molar-refractivity contribution in [3.05, 3.63) is 111 Å². The van der Waals surface area contributed by atoms with E-state index >= 15 is 0 Å². The predicted molar refractivity (Wildman–Crippen MR) is 168 cm³/mol.